The Bertz CT molecular complexity index is 1290. The summed E-state index contributed by atoms with van der Waals surface area (Å²) in [6, 6.07) is 5.45. The Morgan fingerprint density at radius 2 is 2.11 bits per heavy atom. The highest BCUT2D eigenvalue weighted by Crippen LogP contribution is 2.30. The molecule has 10 nitrogen and oxygen atoms in total. The number of halogens is 1. The Hall–Kier alpha value is -3.47. The summed E-state index contributed by atoms with van der Waals surface area (Å²) < 4.78 is 2.47. The van der Waals surface area contributed by atoms with Crippen molar-refractivity contribution in [3.05, 3.63) is 52.5 Å². The molecule has 2 amide bonds. The predicted octanol–water partition coefficient (Wildman–Crippen LogP) is 3.22. The van der Waals surface area contributed by atoms with Gasteiger partial charge in [0, 0.05) is 31.7 Å². The maximum Gasteiger partial charge on any atom is 0.277 e. The average Bonchev–Trinajstić information content (AvgIpc) is 3.22. The van der Waals surface area contributed by atoms with Crippen molar-refractivity contribution in [2.24, 2.45) is 0 Å². The van der Waals surface area contributed by atoms with E-state index >= 15 is 0 Å². The second-order valence-corrected chi connectivity index (χ2v) is 9.61. The van der Waals surface area contributed by atoms with Crippen LogP contribution in [0.15, 0.2) is 41.3 Å². The first kappa shape index (κ1) is 24.6. The van der Waals surface area contributed by atoms with E-state index < -0.39 is 5.91 Å². The van der Waals surface area contributed by atoms with Crippen molar-refractivity contribution in [3.8, 4) is 0 Å². The molecule has 0 spiro atoms. The zero-order chi connectivity index (χ0) is 25.1. The van der Waals surface area contributed by atoms with E-state index in [1.54, 1.807) is 25.1 Å². The number of piperidine rings is 1. The van der Waals surface area contributed by atoms with E-state index in [0.717, 1.165) is 31.5 Å². The molecule has 1 aliphatic heterocycles. The number of benzene rings is 1. The molecule has 1 fully saturated rings. The minimum Gasteiger partial charge on any atom is -0.383 e. The number of allylic oxidation sites excluding steroid dienone is 1. The highest BCUT2D eigenvalue weighted by Gasteiger charge is 2.27. The van der Waals surface area contributed by atoms with Gasteiger partial charge >= 0.3 is 0 Å². The SMILES string of the molecule is CC=CN1CCC[C@@H](n2nc(C(=O)Nc3ccc(CC(=O)N(C)C)cc3Br)c3c(N)ncnc32)C1. The molecule has 1 atom stereocenters. The Labute approximate surface area is 212 Å². The number of carbonyl (C=O) groups excluding carboxylic acids is 2. The lowest BCUT2D eigenvalue weighted by Gasteiger charge is -2.32. The standard InChI is InChI=1S/C24H29BrN8O2/c1-4-9-32-10-5-6-16(13-32)33-23-20(22(26)27-14-28-23)21(30-33)24(35)29-18-8-7-15(11-17(18)25)12-19(34)31(2)3/h4,7-9,11,14,16H,5-6,10,12-13H2,1-3H3,(H,29,35)(H2,26,27,28)/t16-/m1/s1. The van der Waals surface area contributed by atoms with E-state index in [9.17, 15) is 9.59 Å². The number of nitrogens with two attached hydrogens (primary N) is 1. The first-order chi connectivity index (χ1) is 16.8. The molecular weight excluding hydrogens is 512 g/mol. The number of likely N-dealkylation sites (tertiary alicyclic amines) is 1. The molecule has 1 aliphatic rings. The first-order valence-electron chi connectivity index (χ1n) is 11.4. The van der Waals surface area contributed by atoms with Crippen molar-refractivity contribution in [2.45, 2.75) is 32.2 Å². The Balaban J connectivity index is 1.63. The number of nitrogens with zero attached hydrogens (tertiary/aromatic N) is 6. The van der Waals surface area contributed by atoms with Gasteiger partial charge in [0.05, 0.1) is 23.5 Å². The van der Waals surface area contributed by atoms with Crippen LogP contribution < -0.4 is 11.1 Å². The molecule has 1 aromatic carbocycles. The lowest BCUT2D eigenvalue weighted by atomic mass is 10.1. The maximum atomic E-state index is 13.3. The number of anilines is 2. The second kappa shape index (κ2) is 10.4. The monoisotopic (exact) mass is 540 g/mol. The molecule has 11 heteroatoms. The number of amides is 2. The lowest BCUT2D eigenvalue weighted by molar-refractivity contribution is -0.127. The van der Waals surface area contributed by atoms with Crippen LogP contribution in [-0.4, -0.2) is 68.5 Å². The largest absolute Gasteiger partial charge is 0.383 e. The van der Waals surface area contributed by atoms with Crippen LogP contribution in [0.25, 0.3) is 11.0 Å². The zero-order valence-corrected chi connectivity index (χ0v) is 21.6. The van der Waals surface area contributed by atoms with Crippen LogP contribution in [-0.2, 0) is 11.2 Å². The summed E-state index contributed by atoms with van der Waals surface area (Å²) in [5.74, 6) is -0.199. The number of fused-ring (bicyclic) bond motifs is 1. The third-order valence-electron chi connectivity index (χ3n) is 6.00. The van der Waals surface area contributed by atoms with Gasteiger partial charge in [-0.3, -0.25) is 9.59 Å². The smallest absolute Gasteiger partial charge is 0.277 e. The number of hydrogen-bond donors (Lipinski definition) is 2. The topological polar surface area (TPSA) is 122 Å². The van der Waals surface area contributed by atoms with Crippen molar-refractivity contribution in [1.29, 1.82) is 0 Å². The van der Waals surface area contributed by atoms with Crippen LogP contribution in [0, 0.1) is 0 Å². The van der Waals surface area contributed by atoms with E-state index in [4.69, 9.17) is 5.73 Å². The molecule has 3 aromatic rings. The minimum absolute atomic E-state index is 0.00289. The number of nitrogens with one attached hydrogen (secondary N) is 1. The third kappa shape index (κ3) is 5.29. The molecule has 0 bridgehead atoms. The highest BCUT2D eigenvalue weighted by molar-refractivity contribution is 9.10. The summed E-state index contributed by atoms with van der Waals surface area (Å²) in [4.78, 5) is 37.7. The summed E-state index contributed by atoms with van der Waals surface area (Å²) in [6.07, 6.45) is 7.69. The fraction of sp³-hybridized carbons (Fsp3) is 0.375. The predicted molar refractivity (Wildman–Crippen MR) is 139 cm³/mol. The molecule has 35 heavy (non-hydrogen) atoms. The average molecular weight is 541 g/mol. The molecule has 2 aromatic heterocycles. The second-order valence-electron chi connectivity index (χ2n) is 8.76. The van der Waals surface area contributed by atoms with Gasteiger partial charge < -0.3 is 20.9 Å². The summed E-state index contributed by atoms with van der Waals surface area (Å²) in [7, 11) is 3.44. The maximum absolute atomic E-state index is 13.3. The lowest BCUT2D eigenvalue weighted by Crippen LogP contribution is -2.33. The molecule has 0 radical (unpaired) electrons. The molecule has 0 saturated carbocycles. The summed E-state index contributed by atoms with van der Waals surface area (Å²) >= 11 is 3.50. The van der Waals surface area contributed by atoms with Crippen LogP contribution in [0.1, 0.15) is 41.9 Å². The fourth-order valence-corrected chi connectivity index (χ4v) is 4.75. The van der Waals surface area contributed by atoms with Crippen molar-refractivity contribution in [2.75, 3.05) is 38.2 Å². The van der Waals surface area contributed by atoms with Crippen LogP contribution in [0.2, 0.25) is 0 Å². The molecule has 0 aliphatic carbocycles. The summed E-state index contributed by atoms with van der Waals surface area (Å²) in [5, 5.41) is 8.02. The molecule has 4 rings (SSSR count). The van der Waals surface area contributed by atoms with Gasteiger partial charge in [-0.1, -0.05) is 12.1 Å². The number of nitrogen functional groups attached to an aromatic ring is 1. The molecule has 1 saturated heterocycles. The molecular formula is C24H29BrN8O2. The van der Waals surface area contributed by atoms with E-state index in [0.29, 0.717) is 21.2 Å². The number of carbonyl (C=O) groups is 2. The molecule has 184 valence electrons. The van der Waals surface area contributed by atoms with Crippen LogP contribution in [0.4, 0.5) is 11.5 Å². The van der Waals surface area contributed by atoms with Crippen molar-refractivity contribution in [1.82, 2.24) is 29.5 Å². The van der Waals surface area contributed by atoms with Crippen molar-refractivity contribution < 1.29 is 9.59 Å². The third-order valence-corrected chi connectivity index (χ3v) is 6.66. The quantitative estimate of drug-likeness (QED) is 0.492. The van der Waals surface area contributed by atoms with Gasteiger partial charge in [-0.15, -0.1) is 0 Å². The van der Waals surface area contributed by atoms with Gasteiger partial charge in [0.1, 0.15) is 12.1 Å². The van der Waals surface area contributed by atoms with Gasteiger partial charge in [-0.05, 0) is 59.6 Å². The first-order valence-corrected chi connectivity index (χ1v) is 12.2. The van der Waals surface area contributed by atoms with Crippen LogP contribution in [0.5, 0.6) is 0 Å². The Kier molecular flexibility index (Phi) is 7.34. The van der Waals surface area contributed by atoms with E-state index in [2.05, 4.69) is 47.4 Å². The Morgan fingerprint density at radius 3 is 2.83 bits per heavy atom. The zero-order valence-electron chi connectivity index (χ0n) is 20.0. The Morgan fingerprint density at radius 1 is 1.31 bits per heavy atom. The summed E-state index contributed by atoms with van der Waals surface area (Å²) in [6.45, 7) is 3.74. The van der Waals surface area contributed by atoms with E-state index in [-0.39, 0.29) is 29.9 Å². The number of rotatable bonds is 6. The minimum atomic E-state index is -0.408. The van der Waals surface area contributed by atoms with Crippen LogP contribution in [0.3, 0.4) is 0 Å². The van der Waals surface area contributed by atoms with Gasteiger partial charge in [-0.2, -0.15) is 5.10 Å². The number of likely N-dealkylation sites (N-methyl/N-ethyl adjacent to an activating group) is 1. The summed E-state index contributed by atoms with van der Waals surface area (Å²) in [5.41, 5.74) is 8.30. The van der Waals surface area contributed by atoms with Crippen molar-refractivity contribution >= 4 is 50.3 Å². The van der Waals surface area contributed by atoms with E-state index in [1.807, 2.05) is 29.8 Å². The van der Waals surface area contributed by atoms with Gasteiger partial charge in [0.25, 0.3) is 5.91 Å². The molecule has 3 N–H and O–H groups in total. The molecule has 3 heterocycles. The van der Waals surface area contributed by atoms with E-state index in [1.165, 1.54) is 6.33 Å². The molecule has 0 unspecified atom stereocenters. The van der Waals surface area contributed by atoms with Crippen LogP contribution >= 0.6 is 15.9 Å². The van der Waals surface area contributed by atoms with Gasteiger partial charge in [0.2, 0.25) is 5.91 Å². The number of hydrogen-bond acceptors (Lipinski definition) is 7. The fourth-order valence-electron chi connectivity index (χ4n) is 4.22. The van der Waals surface area contributed by atoms with Gasteiger partial charge in [0.15, 0.2) is 11.3 Å². The number of aromatic nitrogens is 4. The van der Waals surface area contributed by atoms with Crippen molar-refractivity contribution in [3.63, 3.8) is 0 Å². The normalized spacial score (nSPS) is 16.1. The van der Waals surface area contributed by atoms with Gasteiger partial charge in [-0.25, -0.2) is 14.6 Å². The highest BCUT2D eigenvalue weighted by atomic mass is 79.9.